The fourth-order valence-electron chi connectivity index (χ4n) is 1.45. The Labute approximate surface area is 106 Å². The Kier molecular flexibility index (Phi) is 3.31. The highest BCUT2D eigenvalue weighted by atomic mass is 32.2. The molecule has 0 spiro atoms. The summed E-state index contributed by atoms with van der Waals surface area (Å²) in [6.07, 6.45) is 0. The molecular formula is C13H9N2O2S. The highest BCUT2D eigenvalue weighted by molar-refractivity contribution is 7.92. The predicted molar refractivity (Wildman–Crippen MR) is 67.2 cm³/mol. The van der Waals surface area contributed by atoms with E-state index in [4.69, 9.17) is 5.26 Å². The zero-order chi connectivity index (χ0) is 13.0. The lowest BCUT2D eigenvalue weighted by atomic mass is 10.2. The van der Waals surface area contributed by atoms with Crippen molar-refractivity contribution in [1.82, 2.24) is 0 Å². The first kappa shape index (κ1) is 12.1. The van der Waals surface area contributed by atoms with Crippen LogP contribution in [0.2, 0.25) is 0 Å². The van der Waals surface area contributed by atoms with E-state index in [2.05, 4.69) is 10.8 Å². The average molecular weight is 257 g/mol. The van der Waals surface area contributed by atoms with E-state index < -0.39 is 10.0 Å². The summed E-state index contributed by atoms with van der Waals surface area (Å²) in [4.78, 5) is -0.0373. The van der Waals surface area contributed by atoms with Crippen LogP contribution in [0, 0.1) is 17.4 Å². The lowest BCUT2D eigenvalue weighted by Crippen LogP contribution is -2.14. The summed E-state index contributed by atoms with van der Waals surface area (Å²) < 4.78 is 26.6. The van der Waals surface area contributed by atoms with E-state index in [0.717, 1.165) is 0 Å². The maximum atomic E-state index is 12.1. The zero-order valence-electron chi connectivity index (χ0n) is 9.29. The summed E-state index contributed by atoms with van der Waals surface area (Å²) in [5, 5.41) is 8.90. The third kappa shape index (κ3) is 2.50. The Balaban J connectivity index is 2.41. The standard InChI is InChI=1S/C13H9N2O2S/c14-10-11-6-4-5-9-13(11)18(16,17)15-12-7-2-1-3-8-12/h1-7,9,15H. The molecule has 1 N–H and O–H groups in total. The largest absolute Gasteiger partial charge is 0.279 e. The number of anilines is 1. The maximum absolute atomic E-state index is 12.1. The fraction of sp³-hybridized carbons (Fsp3) is 0. The Bertz CT molecular complexity index is 688. The fourth-order valence-corrected chi connectivity index (χ4v) is 2.64. The molecule has 0 aromatic heterocycles. The van der Waals surface area contributed by atoms with Gasteiger partial charge in [-0.05, 0) is 18.2 Å². The molecule has 0 unspecified atom stereocenters. The third-order valence-electron chi connectivity index (χ3n) is 2.25. The summed E-state index contributed by atoms with van der Waals surface area (Å²) >= 11 is 0. The highest BCUT2D eigenvalue weighted by Crippen LogP contribution is 2.18. The number of nitriles is 1. The van der Waals surface area contributed by atoms with Crippen molar-refractivity contribution in [1.29, 1.82) is 5.26 Å². The van der Waals surface area contributed by atoms with Crippen molar-refractivity contribution >= 4 is 15.7 Å². The molecule has 1 radical (unpaired) electrons. The molecule has 0 aliphatic heterocycles. The number of benzene rings is 2. The van der Waals surface area contributed by atoms with Gasteiger partial charge in [-0.2, -0.15) is 5.26 Å². The first-order valence-corrected chi connectivity index (χ1v) is 6.60. The van der Waals surface area contributed by atoms with Gasteiger partial charge in [0.25, 0.3) is 10.0 Å². The molecule has 0 aliphatic carbocycles. The summed E-state index contributed by atoms with van der Waals surface area (Å²) in [5.41, 5.74) is 0.450. The molecule has 2 aromatic carbocycles. The van der Waals surface area contributed by atoms with E-state index in [0.29, 0.717) is 5.69 Å². The van der Waals surface area contributed by atoms with Crippen LogP contribution in [0.5, 0.6) is 0 Å². The monoisotopic (exact) mass is 257 g/mol. The molecule has 2 aromatic rings. The van der Waals surface area contributed by atoms with Gasteiger partial charge >= 0.3 is 0 Å². The van der Waals surface area contributed by atoms with E-state index >= 15 is 0 Å². The number of para-hydroxylation sites is 1. The summed E-state index contributed by atoms with van der Waals surface area (Å²) in [7, 11) is -3.76. The van der Waals surface area contributed by atoms with Crippen LogP contribution in [-0.4, -0.2) is 8.42 Å². The highest BCUT2D eigenvalue weighted by Gasteiger charge is 2.17. The molecule has 0 saturated heterocycles. The van der Waals surface area contributed by atoms with Gasteiger partial charge in [-0.1, -0.05) is 30.3 Å². The lowest BCUT2D eigenvalue weighted by molar-refractivity contribution is 0.601. The molecule has 0 amide bonds. The first-order valence-electron chi connectivity index (χ1n) is 5.12. The molecule has 0 saturated carbocycles. The van der Waals surface area contributed by atoms with Crippen LogP contribution in [-0.2, 0) is 10.0 Å². The van der Waals surface area contributed by atoms with Crippen molar-refractivity contribution in [2.45, 2.75) is 4.90 Å². The number of nitrogens with one attached hydrogen (secondary N) is 1. The minimum absolute atomic E-state index is 0.0373. The van der Waals surface area contributed by atoms with Crippen molar-refractivity contribution in [2.75, 3.05) is 4.72 Å². The number of hydrogen-bond acceptors (Lipinski definition) is 3. The minimum atomic E-state index is -3.76. The summed E-state index contributed by atoms with van der Waals surface area (Å²) in [6.45, 7) is 0. The van der Waals surface area contributed by atoms with Crippen molar-refractivity contribution < 1.29 is 8.42 Å². The Morgan fingerprint density at radius 2 is 1.83 bits per heavy atom. The Morgan fingerprint density at radius 1 is 1.11 bits per heavy atom. The lowest BCUT2D eigenvalue weighted by Gasteiger charge is -2.08. The molecule has 0 aliphatic rings. The van der Waals surface area contributed by atoms with Gasteiger partial charge in [-0.3, -0.25) is 4.72 Å². The van der Waals surface area contributed by atoms with Crippen LogP contribution in [0.25, 0.3) is 0 Å². The molecule has 0 heterocycles. The van der Waals surface area contributed by atoms with Gasteiger partial charge in [0, 0.05) is 6.07 Å². The minimum Gasteiger partial charge on any atom is -0.279 e. The van der Waals surface area contributed by atoms with Gasteiger partial charge < -0.3 is 0 Å². The van der Waals surface area contributed by atoms with Crippen molar-refractivity contribution in [3.05, 3.63) is 60.2 Å². The Hall–Kier alpha value is -2.32. The van der Waals surface area contributed by atoms with Crippen molar-refractivity contribution in [3.8, 4) is 6.07 Å². The van der Waals surface area contributed by atoms with E-state index in [1.807, 2.05) is 6.07 Å². The van der Waals surface area contributed by atoms with Crippen molar-refractivity contribution in [3.63, 3.8) is 0 Å². The molecular weight excluding hydrogens is 248 g/mol. The van der Waals surface area contributed by atoms with Gasteiger partial charge in [0.2, 0.25) is 0 Å². The first-order chi connectivity index (χ1) is 8.63. The smallest absolute Gasteiger partial charge is 0.263 e. The third-order valence-corrected chi connectivity index (χ3v) is 3.67. The molecule has 18 heavy (non-hydrogen) atoms. The zero-order valence-corrected chi connectivity index (χ0v) is 10.1. The number of nitrogens with zero attached hydrogens (tertiary/aromatic N) is 1. The van der Waals surface area contributed by atoms with Crippen LogP contribution in [0.15, 0.2) is 53.4 Å². The second-order valence-corrected chi connectivity index (χ2v) is 5.14. The summed E-state index contributed by atoms with van der Waals surface area (Å²) in [5.74, 6) is 0. The van der Waals surface area contributed by atoms with E-state index in [1.165, 1.54) is 12.1 Å². The number of sulfonamides is 1. The van der Waals surface area contributed by atoms with Crippen LogP contribution in [0.4, 0.5) is 5.69 Å². The second-order valence-electron chi connectivity index (χ2n) is 3.49. The van der Waals surface area contributed by atoms with E-state index in [-0.39, 0.29) is 10.5 Å². The molecule has 5 heteroatoms. The van der Waals surface area contributed by atoms with Crippen molar-refractivity contribution in [2.24, 2.45) is 0 Å². The molecule has 4 nitrogen and oxygen atoms in total. The van der Waals surface area contributed by atoms with Crippen LogP contribution >= 0.6 is 0 Å². The van der Waals surface area contributed by atoms with Gasteiger partial charge in [0.1, 0.15) is 11.0 Å². The molecule has 2 rings (SSSR count). The number of rotatable bonds is 3. The van der Waals surface area contributed by atoms with Gasteiger partial charge in [-0.25, -0.2) is 8.42 Å². The van der Waals surface area contributed by atoms with E-state index in [1.54, 1.807) is 36.4 Å². The topological polar surface area (TPSA) is 70.0 Å². The average Bonchev–Trinajstić information content (AvgIpc) is 2.39. The maximum Gasteiger partial charge on any atom is 0.263 e. The van der Waals surface area contributed by atoms with E-state index in [9.17, 15) is 8.42 Å². The van der Waals surface area contributed by atoms with Gasteiger partial charge in [-0.15, -0.1) is 0 Å². The van der Waals surface area contributed by atoms with Crippen LogP contribution in [0.3, 0.4) is 0 Å². The molecule has 0 bridgehead atoms. The Morgan fingerprint density at radius 3 is 2.50 bits per heavy atom. The van der Waals surface area contributed by atoms with Gasteiger partial charge in [0.05, 0.1) is 11.3 Å². The van der Waals surface area contributed by atoms with Gasteiger partial charge in [0.15, 0.2) is 0 Å². The second kappa shape index (κ2) is 4.90. The predicted octanol–water partition coefficient (Wildman–Crippen LogP) is 2.16. The molecule has 0 fully saturated rings. The SMILES string of the molecule is N#Cc1ccccc1S(=O)(=O)Nc1[c]cccc1. The van der Waals surface area contributed by atoms with Crippen LogP contribution < -0.4 is 4.72 Å². The summed E-state index contributed by atoms with van der Waals surface area (Å²) in [6, 6.07) is 17.3. The van der Waals surface area contributed by atoms with Crippen LogP contribution in [0.1, 0.15) is 5.56 Å². The normalized spacial score (nSPS) is 10.6. The number of hydrogen-bond donors (Lipinski definition) is 1. The molecule has 89 valence electrons. The quantitative estimate of drug-likeness (QED) is 0.916. The molecule has 0 atom stereocenters.